The summed E-state index contributed by atoms with van der Waals surface area (Å²) in [5.41, 5.74) is 2.51. The summed E-state index contributed by atoms with van der Waals surface area (Å²) >= 11 is 0. The van der Waals surface area contributed by atoms with Gasteiger partial charge in [0.2, 0.25) is 0 Å². The average molecular weight is 290 g/mol. The standard InChI is InChI=1S/C16H22N2O3/c1-2-3-8-14(15(19)20)18-16(21)17-13-9-11-6-4-5-7-12(11)10-13/h4-7,13-14H,2-3,8-10H2,1H3,(H,19,20)(H2,17,18,21). The molecule has 1 aliphatic carbocycles. The van der Waals surface area contributed by atoms with Gasteiger partial charge in [-0.3, -0.25) is 0 Å². The monoisotopic (exact) mass is 290 g/mol. The number of nitrogens with one attached hydrogen (secondary N) is 2. The van der Waals surface area contributed by atoms with E-state index in [0.717, 1.165) is 25.7 Å². The molecule has 1 aliphatic rings. The molecule has 0 radical (unpaired) electrons. The van der Waals surface area contributed by atoms with Gasteiger partial charge in [0.25, 0.3) is 0 Å². The number of aliphatic carboxylic acids is 1. The van der Waals surface area contributed by atoms with Crippen LogP contribution in [0.1, 0.15) is 37.3 Å². The van der Waals surface area contributed by atoms with Crippen LogP contribution in [-0.4, -0.2) is 29.2 Å². The van der Waals surface area contributed by atoms with Crippen LogP contribution < -0.4 is 10.6 Å². The van der Waals surface area contributed by atoms with Gasteiger partial charge in [-0.25, -0.2) is 9.59 Å². The Balaban J connectivity index is 1.83. The second-order valence-electron chi connectivity index (χ2n) is 5.52. The van der Waals surface area contributed by atoms with Crippen LogP contribution in [0, 0.1) is 0 Å². The maximum atomic E-state index is 11.9. The van der Waals surface area contributed by atoms with Crippen molar-refractivity contribution in [3.05, 3.63) is 35.4 Å². The van der Waals surface area contributed by atoms with Crippen LogP contribution in [0.3, 0.4) is 0 Å². The number of carboxylic acid groups (broad SMARTS) is 1. The largest absolute Gasteiger partial charge is 0.480 e. The van der Waals surface area contributed by atoms with Gasteiger partial charge in [-0.1, -0.05) is 44.0 Å². The molecule has 114 valence electrons. The van der Waals surface area contributed by atoms with Gasteiger partial charge in [-0.15, -0.1) is 0 Å². The molecule has 0 spiro atoms. The van der Waals surface area contributed by atoms with Gasteiger partial charge < -0.3 is 15.7 Å². The van der Waals surface area contributed by atoms with Crippen LogP contribution in [0.15, 0.2) is 24.3 Å². The van der Waals surface area contributed by atoms with Crippen LogP contribution >= 0.6 is 0 Å². The second kappa shape index (κ2) is 7.11. The summed E-state index contributed by atoms with van der Waals surface area (Å²) in [5.74, 6) is -0.978. The fourth-order valence-electron chi connectivity index (χ4n) is 2.71. The van der Waals surface area contributed by atoms with Crippen molar-refractivity contribution in [2.75, 3.05) is 0 Å². The Kier molecular flexibility index (Phi) is 5.20. The zero-order valence-corrected chi connectivity index (χ0v) is 12.3. The van der Waals surface area contributed by atoms with Crippen LogP contribution in [0.25, 0.3) is 0 Å². The first-order chi connectivity index (χ1) is 10.1. The van der Waals surface area contributed by atoms with E-state index in [2.05, 4.69) is 22.8 Å². The number of hydrogen-bond acceptors (Lipinski definition) is 2. The van der Waals surface area contributed by atoms with Crippen molar-refractivity contribution in [2.24, 2.45) is 0 Å². The minimum Gasteiger partial charge on any atom is -0.480 e. The van der Waals surface area contributed by atoms with Gasteiger partial charge in [0.15, 0.2) is 0 Å². The molecule has 0 bridgehead atoms. The number of carbonyl (C=O) groups is 2. The van der Waals surface area contributed by atoms with Crippen molar-refractivity contribution in [2.45, 2.75) is 51.1 Å². The summed E-state index contributed by atoms with van der Waals surface area (Å²) in [6.45, 7) is 1.99. The maximum absolute atomic E-state index is 11.9. The highest BCUT2D eigenvalue weighted by atomic mass is 16.4. The number of fused-ring (bicyclic) bond motifs is 1. The lowest BCUT2D eigenvalue weighted by Crippen LogP contribution is -2.49. The average Bonchev–Trinajstić information content (AvgIpc) is 2.85. The number of unbranched alkanes of at least 4 members (excludes halogenated alkanes) is 1. The Bertz CT molecular complexity index is 491. The topological polar surface area (TPSA) is 78.4 Å². The number of amides is 2. The van der Waals surface area contributed by atoms with E-state index in [9.17, 15) is 9.59 Å². The highest BCUT2D eigenvalue weighted by Gasteiger charge is 2.24. The quantitative estimate of drug-likeness (QED) is 0.750. The molecule has 1 unspecified atom stereocenters. The summed E-state index contributed by atoms with van der Waals surface area (Å²) in [6.07, 6.45) is 3.76. The molecule has 0 aliphatic heterocycles. The van der Waals surface area contributed by atoms with Crippen molar-refractivity contribution < 1.29 is 14.7 Å². The predicted octanol–water partition coefficient (Wildman–Crippen LogP) is 2.10. The van der Waals surface area contributed by atoms with Gasteiger partial charge in [0.1, 0.15) is 6.04 Å². The summed E-state index contributed by atoms with van der Waals surface area (Å²) in [6, 6.07) is 6.96. The van der Waals surface area contributed by atoms with Crippen molar-refractivity contribution in [1.29, 1.82) is 0 Å². The summed E-state index contributed by atoms with van der Waals surface area (Å²) in [4.78, 5) is 23.1. The number of carbonyl (C=O) groups excluding carboxylic acids is 1. The molecule has 5 nitrogen and oxygen atoms in total. The fourth-order valence-corrected chi connectivity index (χ4v) is 2.71. The summed E-state index contributed by atoms with van der Waals surface area (Å²) in [5, 5.41) is 14.5. The van der Waals surface area contributed by atoms with E-state index >= 15 is 0 Å². The Morgan fingerprint density at radius 1 is 1.29 bits per heavy atom. The fraction of sp³-hybridized carbons (Fsp3) is 0.500. The number of carboxylic acids is 1. The zero-order chi connectivity index (χ0) is 15.2. The van der Waals surface area contributed by atoms with Crippen LogP contribution in [0.4, 0.5) is 4.79 Å². The second-order valence-corrected chi connectivity index (χ2v) is 5.52. The number of hydrogen-bond donors (Lipinski definition) is 3. The highest BCUT2D eigenvalue weighted by molar-refractivity contribution is 5.82. The minimum atomic E-state index is -0.978. The molecule has 1 atom stereocenters. The van der Waals surface area contributed by atoms with Gasteiger partial charge in [0, 0.05) is 6.04 Å². The number of urea groups is 1. The van der Waals surface area contributed by atoms with E-state index in [-0.39, 0.29) is 6.04 Å². The lowest BCUT2D eigenvalue weighted by molar-refractivity contribution is -0.139. The van der Waals surface area contributed by atoms with Crippen LogP contribution in [0.5, 0.6) is 0 Å². The van der Waals surface area contributed by atoms with E-state index in [0.29, 0.717) is 6.42 Å². The van der Waals surface area contributed by atoms with Crippen LogP contribution in [-0.2, 0) is 17.6 Å². The molecule has 5 heteroatoms. The molecule has 0 fully saturated rings. The van der Waals surface area contributed by atoms with E-state index in [4.69, 9.17) is 5.11 Å². The van der Waals surface area contributed by atoms with Crippen LogP contribution in [0.2, 0.25) is 0 Å². The first kappa shape index (κ1) is 15.4. The van der Waals surface area contributed by atoms with Gasteiger partial charge >= 0.3 is 12.0 Å². The first-order valence-electron chi connectivity index (χ1n) is 7.46. The van der Waals surface area contributed by atoms with Crippen molar-refractivity contribution in [1.82, 2.24) is 10.6 Å². The first-order valence-corrected chi connectivity index (χ1v) is 7.46. The molecule has 0 saturated heterocycles. The van der Waals surface area contributed by atoms with Crippen molar-refractivity contribution in [3.63, 3.8) is 0 Å². The molecule has 21 heavy (non-hydrogen) atoms. The SMILES string of the molecule is CCCCC(NC(=O)NC1Cc2ccccc2C1)C(=O)O. The van der Waals surface area contributed by atoms with Gasteiger partial charge in [0.05, 0.1) is 0 Å². The Morgan fingerprint density at radius 2 is 1.90 bits per heavy atom. The summed E-state index contributed by atoms with van der Waals surface area (Å²) < 4.78 is 0. The van der Waals surface area contributed by atoms with E-state index in [1.807, 2.05) is 19.1 Å². The van der Waals surface area contributed by atoms with Crippen molar-refractivity contribution in [3.8, 4) is 0 Å². The lowest BCUT2D eigenvalue weighted by Gasteiger charge is -2.17. The van der Waals surface area contributed by atoms with Gasteiger partial charge in [-0.2, -0.15) is 0 Å². The molecule has 2 rings (SSSR count). The smallest absolute Gasteiger partial charge is 0.326 e. The maximum Gasteiger partial charge on any atom is 0.326 e. The number of benzene rings is 1. The predicted molar refractivity (Wildman–Crippen MR) is 80.3 cm³/mol. The zero-order valence-electron chi connectivity index (χ0n) is 12.3. The molecule has 3 N–H and O–H groups in total. The third-order valence-corrected chi connectivity index (χ3v) is 3.84. The molecular formula is C16H22N2O3. The molecule has 0 heterocycles. The summed E-state index contributed by atoms with van der Waals surface area (Å²) in [7, 11) is 0. The van der Waals surface area contributed by atoms with E-state index in [1.54, 1.807) is 0 Å². The molecule has 2 amide bonds. The third-order valence-electron chi connectivity index (χ3n) is 3.84. The Morgan fingerprint density at radius 3 is 2.43 bits per heavy atom. The third kappa shape index (κ3) is 4.21. The van der Waals surface area contributed by atoms with E-state index in [1.165, 1.54) is 11.1 Å². The van der Waals surface area contributed by atoms with E-state index < -0.39 is 18.0 Å². The molecule has 1 aromatic rings. The molecule has 1 aromatic carbocycles. The normalized spacial score (nSPS) is 15.3. The molecular weight excluding hydrogens is 268 g/mol. The number of rotatable bonds is 6. The molecule has 0 aromatic heterocycles. The Labute approximate surface area is 124 Å². The minimum absolute atomic E-state index is 0.0445. The molecule has 0 saturated carbocycles. The highest BCUT2D eigenvalue weighted by Crippen LogP contribution is 2.21. The van der Waals surface area contributed by atoms with Gasteiger partial charge in [-0.05, 0) is 30.4 Å². The van der Waals surface area contributed by atoms with Crippen molar-refractivity contribution >= 4 is 12.0 Å². The lowest BCUT2D eigenvalue weighted by atomic mass is 10.1. The Hall–Kier alpha value is -2.04.